The first-order valence-corrected chi connectivity index (χ1v) is 10.2. The fourth-order valence-corrected chi connectivity index (χ4v) is 4.09. The fraction of sp³-hybridized carbons (Fsp3) is 0.333. The molecule has 9 heteroatoms. The Labute approximate surface area is 158 Å². The van der Waals surface area contributed by atoms with Crippen LogP contribution in [-0.4, -0.2) is 44.4 Å². The van der Waals surface area contributed by atoms with Crippen molar-refractivity contribution >= 4 is 21.4 Å². The van der Waals surface area contributed by atoms with E-state index in [1.165, 1.54) is 17.7 Å². The largest absolute Gasteiger partial charge is 0.369 e. The minimum atomic E-state index is -4.07. The van der Waals surface area contributed by atoms with E-state index in [-0.39, 0.29) is 10.6 Å². The van der Waals surface area contributed by atoms with Crippen LogP contribution in [0.4, 0.5) is 11.4 Å². The molecule has 0 aliphatic carbocycles. The Bertz CT molecular complexity index is 918. The molecule has 0 atom stereocenters. The summed E-state index contributed by atoms with van der Waals surface area (Å²) in [6, 6.07) is 14.0. The summed E-state index contributed by atoms with van der Waals surface area (Å²) < 4.78 is 24.0. The maximum atomic E-state index is 12.0. The number of hydrogen-bond donors (Lipinski definition) is 1. The Morgan fingerprint density at radius 1 is 1.04 bits per heavy atom. The normalized spacial score (nSPS) is 16.1. The number of benzene rings is 2. The van der Waals surface area contributed by atoms with Crippen molar-refractivity contribution in [3.8, 4) is 0 Å². The molecule has 0 bridgehead atoms. The third kappa shape index (κ3) is 4.82. The highest BCUT2D eigenvalue weighted by Gasteiger charge is 2.24. The Hall–Kier alpha value is -2.49. The third-order valence-electron chi connectivity index (χ3n) is 4.64. The molecule has 1 heterocycles. The average Bonchev–Trinajstić information content (AvgIpc) is 2.87. The molecule has 8 nitrogen and oxygen atoms in total. The van der Waals surface area contributed by atoms with Gasteiger partial charge >= 0.3 is 0 Å². The van der Waals surface area contributed by atoms with Gasteiger partial charge in [0.15, 0.2) is 0 Å². The fourth-order valence-electron chi connectivity index (χ4n) is 3.32. The molecule has 0 radical (unpaired) electrons. The predicted molar refractivity (Wildman–Crippen MR) is 103 cm³/mol. The molecule has 1 aliphatic heterocycles. The second-order valence-corrected chi connectivity index (χ2v) is 8.09. The molecule has 0 aromatic heterocycles. The molecular weight excluding hydrogens is 368 g/mol. The van der Waals surface area contributed by atoms with Gasteiger partial charge in [0, 0.05) is 44.9 Å². The van der Waals surface area contributed by atoms with Crippen LogP contribution in [0.5, 0.6) is 0 Å². The second kappa shape index (κ2) is 8.03. The quantitative estimate of drug-likeness (QED) is 0.617. The SMILES string of the molecule is NS(=O)(=O)c1cc([N+](=O)[O-])ccc1N1CCCN(Cc2ccccc2)CC1. The van der Waals surface area contributed by atoms with E-state index >= 15 is 0 Å². The van der Waals surface area contributed by atoms with Gasteiger partial charge in [0.1, 0.15) is 4.90 Å². The van der Waals surface area contributed by atoms with Crippen LogP contribution in [-0.2, 0) is 16.6 Å². The lowest BCUT2D eigenvalue weighted by Crippen LogP contribution is -2.31. The van der Waals surface area contributed by atoms with Crippen molar-refractivity contribution in [1.82, 2.24) is 4.90 Å². The summed E-state index contributed by atoms with van der Waals surface area (Å²) in [5, 5.41) is 16.3. The lowest BCUT2D eigenvalue weighted by atomic mass is 10.2. The van der Waals surface area contributed by atoms with Gasteiger partial charge in [0.2, 0.25) is 10.0 Å². The summed E-state index contributed by atoms with van der Waals surface area (Å²) >= 11 is 0. The number of non-ortho nitro benzene ring substituents is 1. The predicted octanol–water partition coefficient (Wildman–Crippen LogP) is 1.95. The molecule has 0 unspecified atom stereocenters. The molecule has 1 aliphatic rings. The monoisotopic (exact) mass is 390 g/mol. The summed E-state index contributed by atoms with van der Waals surface area (Å²) in [6.07, 6.45) is 0.855. The Balaban J connectivity index is 1.80. The van der Waals surface area contributed by atoms with E-state index in [1.807, 2.05) is 23.1 Å². The third-order valence-corrected chi connectivity index (χ3v) is 5.58. The molecular formula is C18H22N4O4S. The minimum absolute atomic E-state index is 0.201. The van der Waals surface area contributed by atoms with Crippen molar-refractivity contribution in [3.05, 3.63) is 64.2 Å². The zero-order chi connectivity index (χ0) is 19.4. The van der Waals surface area contributed by atoms with Crippen LogP contribution in [0.25, 0.3) is 0 Å². The summed E-state index contributed by atoms with van der Waals surface area (Å²) in [4.78, 5) is 14.4. The number of anilines is 1. The van der Waals surface area contributed by atoms with E-state index in [0.717, 1.165) is 32.1 Å². The molecule has 1 saturated heterocycles. The van der Waals surface area contributed by atoms with Crippen LogP contribution in [0.2, 0.25) is 0 Å². The van der Waals surface area contributed by atoms with E-state index in [1.54, 1.807) is 0 Å². The van der Waals surface area contributed by atoms with Crippen LogP contribution in [0.1, 0.15) is 12.0 Å². The van der Waals surface area contributed by atoms with Crippen LogP contribution in [0, 0.1) is 10.1 Å². The first-order chi connectivity index (χ1) is 12.8. The van der Waals surface area contributed by atoms with Crippen LogP contribution >= 0.6 is 0 Å². The molecule has 2 aromatic carbocycles. The van der Waals surface area contributed by atoms with E-state index in [9.17, 15) is 18.5 Å². The standard InChI is InChI=1S/C18H22N4O4S/c19-27(25,26)18-13-16(22(23)24)7-8-17(18)21-10-4-9-20(11-12-21)14-15-5-2-1-3-6-15/h1-3,5-8,13H,4,9-12,14H2,(H2,19,25,26). The molecule has 144 valence electrons. The van der Waals surface area contributed by atoms with Crippen molar-refractivity contribution in [2.75, 3.05) is 31.1 Å². The van der Waals surface area contributed by atoms with E-state index < -0.39 is 14.9 Å². The number of sulfonamides is 1. The molecule has 2 N–H and O–H groups in total. The summed E-state index contributed by atoms with van der Waals surface area (Å²) in [7, 11) is -4.07. The van der Waals surface area contributed by atoms with Crippen LogP contribution in [0.15, 0.2) is 53.4 Å². The minimum Gasteiger partial charge on any atom is -0.369 e. The Kier molecular flexibility index (Phi) is 5.73. The van der Waals surface area contributed by atoms with E-state index in [4.69, 9.17) is 5.14 Å². The summed E-state index contributed by atoms with van der Waals surface area (Å²) in [5.74, 6) is 0. The molecule has 27 heavy (non-hydrogen) atoms. The number of nitro groups is 1. The number of nitro benzene ring substituents is 1. The highest BCUT2D eigenvalue weighted by Crippen LogP contribution is 2.29. The number of rotatable bonds is 5. The van der Waals surface area contributed by atoms with Crippen molar-refractivity contribution in [1.29, 1.82) is 0 Å². The van der Waals surface area contributed by atoms with Crippen molar-refractivity contribution in [3.63, 3.8) is 0 Å². The molecule has 0 amide bonds. The highest BCUT2D eigenvalue weighted by atomic mass is 32.2. The number of nitrogens with two attached hydrogens (primary N) is 1. The van der Waals surface area contributed by atoms with Gasteiger partial charge in [-0.3, -0.25) is 15.0 Å². The van der Waals surface area contributed by atoms with E-state index in [0.29, 0.717) is 18.8 Å². The smallest absolute Gasteiger partial charge is 0.270 e. The zero-order valence-electron chi connectivity index (χ0n) is 14.8. The maximum Gasteiger partial charge on any atom is 0.270 e. The number of nitrogens with zero attached hydrogens (tertiary/aromatic N) is 3. The lowest BCUT2D eigenvalue weighted by molar-refractivity contribution is -0.385. The summed E-state index contributed by atoms with van der Waals surface area (Å²) in [5.41, 5.74) is 1.36. The van der Waals surface area contributed by atoms with Crippen molar-refractivity contribution in [2.24, 2.45) is 5.14 Å². The number of primary sulfonamides is 1. The van der Waals surface area contributed by atoms with Crippen molar-refractivity contribution < 1.29 is 13.3 Å². The van der Waals surface area contributed by atoms with Crippen LogP contribution < -0.4 is 10.0 Å². The second-order valence-electron chi connectivity index (χ2n) is 6.56. The maximum absolute atomic E-state index is 12.0. The van der Waals surface area contributed by atoms with Gasteiger partial charge in [-0.2, -0.15) is 0 Å². The Morgan fingerprint density at radius 2 is 1.78 bits per heavy atom. The molecule has 3 rings (SSSR count). The molecule has 1 fully saturated rings. The molecule has 0 saturated carbocycles. The number of hydrogen-bond acceptors (Lipinski definition) is 6. The van der Waals surface area contributed by atoms with Gasteiger partial charge in [0.05, 0.1) is 10.6 Å². The first-order valence-electron chi connectivity index (χ1n) is 8.67. The molecule has 2 aromatic rings. The van der Waals surface area contributed by atoms with Gasteiger partial charge in [-0.25, -0.2) is 13.6 Å². The first kappa shape index (κ1) is 19.3. The molecule has 0 spiro atoms. The van der Waals surface area contributed by atoms with Crippen LogP contribution in [0.3, 0.4) is 0 Å². The summed E-state index contributed by atoms with van der Waals surface area (Å²) in [6.45, 7) is 3.76. The van der Waals surface area contributed by atoms with Gasteiger partial charge in [-0.1, -0.05) is 30.3 Å². The lowest BCUT2D eigenvalue weighted by Gasteiger charge is -2.25. The van der Waals surface area contributed by atoms with Gasteiger partial charge < -0.3 is 4.90 Å². The Morgan fingerprint density at radius 3 is 2.44 bits per heavy atom. The van der Waals surface area contributed by atoms with Gasteiger partial charge in [-0.05, 0) is 18.1 Å². The average molecular weight is 390 g/mol. The topological polar surface area (TPSA) is 110 Å². The zero-order valence-corrected chi connectivity index (χ0v) is 15.6. The van der Waals surface area contributed by atoms with E-state index in [2.05, 4.69) is 17.0 Å². The highest BCUT2D eigenvalue weighted by molar-refractivity contribution is 7.89. The van der Waals surface area contributed by atoms with Crippen molar-refractivity contribution in [2.45, 2.75) is 17.9 Å². The van der Waals surface area contributed by atoms with Gasteiger partial charge in [-0.15, -0.1) is 0 Å². The van der Waals surface area contributed by atoms with Gasteiger partial charge in [0.25, 0.3) is 5.69 Å².